The highest BCUT2D eigenvalue weighted by molar-refractivity contribution is 6.07. The van der Waals surface area contributed by atoms with Gasteiger partial charge in [0.1, 0.15) is 0 Å². The predicted molar refractivity (Wildman–Crippen MR) is 120 cm³/mol. The molecule has 2 aliphatic heterocycles. The average Bonchev–Trinajstić information content (AvgIpc) is 3.44. The van der Waals surface area contributed by atoms with E-state index in [2.05, 4.69) is 10.2 Å². The first-order valence-electron chi connectivity index (χ1n) is 11.7. The Bertz CT molecular complexity index is 1100. The molecule has 4 rings (SSSR count). The van der Waals surface area contributed by atoms with Gasteiger partial charge in [-0.15, -0.1) is 0 Å². The minimum absolute atomic E-state index is 0.0356. The van der Waals surface area contributed by atoms with E-state index >= 15 is 0 Å². The molecule has 2 aliphatic rings. The molecule has 1 N–H and O–H groups in total. The van der Waals surface area contributed by atoms with Gasteiger partial charge in [-0.2, -0.15) is 26.3 Å². The number of nitrogens with one attached hydrogen (secondary N) is 1. The Morgan fingerprint density at radius 2 is 1.46 bits per heavy atom. The molecule has 0 spiro atoms. The molecule has 0 aliphatic carbocycles. The van der Waals surface area contributed by atoms with Crippen LogP contribution in [0.3, 0.4) is 0 Å². The molecular weight excluding hydrogens is 504 g/mol. The smallest absolute Gasteiger partial charge is 0.373 e. The lowest BCUT2D eigenvalue weighted by molar-refractivity contribution is -0.143. The number of urea groups is 1. The maximum Gasteiger partial charge on any atom is 0.416 e. The summed E-state index contributed by atoms with van der Waals surface area (Å²) in [5.74, 6) is -0.595. The lowest BCUT2D eigenvalue weighted by Gasteiger charge is -2.27. The van der Waals surface area contributed by atoms with Crippen molar-refractivity contribution in [2.75, 3.05) is 32.8 Å². The molecule has 0 radical (unpaired) electrons. The van der Waals surface area contributed by atoms with E-state index in [1.54, 1.807) is 30.3 Å². The van der Waals surface area contributed by atoms with Crippen LogP contribution in [-0.4, -0.2) is 54.5 Å². The van der Waals surface area contributed by atoms with E-state index in [-0.39, 0.29) is 18.2 Å². The summed E-state index contributed by atoms with van der Waals surface area (Å²) in [7, 11) is 0. The van der Waals surface area contributed by atoms with E-state index in [4.69, 9.17) is 4.74 Å². The fourth-order valence-electron chi connectivity index (χ4n) is 4.60. The van der Waals surface area contributed by atoms with E-state index < -0.39 is 54.2 Å². The van der Waals surface area contributed by atoms with Gasteiger partial charge in [-0.25, -0.2) is 4.79 Å². The summed E-state index contributed by atoms with van der Waals surface area (Å²) in [5, 5.41) is 2.65. The molecule has 3 amide bonds. The Labute approximate surface area is 209 Å². The molecule has 0 bridgehead atoms. The molecule has 0 aromatic heterocycles. The summed E-state index contributed by atoms with van der Waals surface area (Å²) in [4.78, 5) is 29.5. The molecule has 2 aromatic rings. The molecule has 6 nitrogen and oxygen atoms in total. The van der Waals surface area contributed by atoms with Crippen LogP contribution in [0, 0.1) is 0 Å². The molecule has 2 saturated heterocycles. The molecule has 2 fully saturated rings. The maximum absolute atomic E-state index is 13.5. The number of hydrogen-bond donors (Lipinski definition) is 1. The van der Waals surface area contributed by atoms with E-state index in [1.807, 2.05) is 0 Å². The monoisotopic (exact) mass is 529 g/mol. The SMILES string of the molecule is O=C1NC(COCc2cc(C(F)(F)F)cc(C(F)(F)F)c2)(c2ccccc2)C(=O)N1CCN1CCCC1. The quantitative estimate of drug-likeness (QED) is 0.395. The minimum atomic E-state index is -4.99. The number of alkyl halides is 6. The second-order valence-electron chi connectivity index (χ2n) is 9.11. The van der Waals surface area contributed by atoms with Crippen LogP contribution in [-0.2, 0) is 34.0 Å². The predicted octanol–water partition coefficient (Wildman–Crippen LogP) is 4.78. The van der Waals surface area contributed by atoms with E-state index in [0.717, 1.165) is 30.8 Å². The third kappa shape index (κ3) is 5.90. The van der Waals surface area contributed by atoms with Crippen LogP contribution in [0.15, 0.2) is 48.5 Å². The fraction of sp³-hybridized carbons (Fsp3) is 0.440. The zero-order valence-corrected chi connectivity index (χ0v) is 19.7. The van der Waals surface area contributed by atoms with Crippen molar-refractivity contribution in [3.63, 3.8) is 0 Å². The number of amides is 3. The molecule has 0 saturated carbocycles. The Morgan fingerprint density at radius 3 is 2.03 bits per heavy atom. The number of halogens is 6. The van der Waals surface area contributed by atoms with Crippen LogP contribution in [0.25, 0.3) is 0 Å². The number of benzene rings is 2. The number of rotatable bonds is 8. The Morgan fingerprint density at radius 1 is 0.865 bits per heavy atom. The van der Waals surface area contributed by atoms with Gasteiger partial charge in [0.15, 0.2) is 5.54 Å². The summed E-state index contributed by atoms with van der Waals surface area (Å²) < 4.78 is 84.7. The van der Waals surface area contributed by atoms with Gasteiger partial charge in [-0.3, -0.25) is 9.69 Å². The highest BCUT2D eigenvalue weighted by Crippen LogP contribution is 2.37. The van der Waals surface area contributed by atoms with Crippen molar-refractivity contribution in [2.45, 2.75) is 37.3 Å². The van der Waals surface area contributed by atoms with Gasteiger partial charge in [0.05, 0.1) is 24.3 Å². The molecule has 2 heterocycles. The number of imide groups is 1. The Hall–Kier alpha value is -3.12. The summed E-state index contributed by atoms with van der Waals surface area (Å²) in [6, 6.07) is 8.71. The van der Waals surface area contributed by atoms with E-state index in [0.29, 0.717) is 24.2 Å². The fourth-order valence-corrected chi connectivity index (χ4v) is 4.60. The van der Waals surface area contributed by atoms with Crippen molar-refractivity contribution < 1.29 is 40.7 Å². The first kappa shape index (κ1) is 26.9. The second kappa shape index (κ2) is 10.3. The van der Waals surface area contributed by atoms with Crippen molar-refractivity contribution in [1.29, 1.82) is 0 Å². The van der Waals surface area contributed by atoms with Crippen LogP contribution in [0.2, 0.25) is 0 Å². The molecule has 200 valence electrons. The third-order valence-electron chi connectivity index (χ3n) is 6.52. The number of hydrogen-bond acceptors (Lipinski definition) is 4. The number of carbonyl (C=O) groups is 2. The number of ether oxygens (including phenoxy) is 1. The first-order chi connectivity index (χ1) is 17.4. The summed E-state index contributed by atoms with van der Waals surface area (Å²) >= 11 is 0. The number of carbonyl (C=O) groups excluding carboxylic acids is 2. The van der Waals surface area contributed by atoms with Crippen LogP contribution in [0.4, 0.5) is 31.1 Å². The molecule has 2 aromatic carbocycles. The van der Waals surface area contributed by atoms with Crippen LogP contribution < -0.4 is 5.32 Å². The highest BCUT2D eigenvalue weighted by atomic mass is 19.4. The molecule has 1 unspecified atom stereocenters. The number of nitrogens with zero attached hydrogens (tertiary/aromatic N) is 2. The summed E-state index contributed by atoms with van der Waals surface area (Å²) in [6.45, 7) is 1.25. The zero-order valence-electron chi connectivity index (χ0n) is 19.7. The van der Waals surface area contributed by atoms with Gasteiger partial charge in [-0.1, -0.05) is 30.3 Å². The molecule has 12 heteroatoms. The van der Waals surface area contributed by atoms with Crippen LogP contribution >= 0.6 is 0 Å². The van der Waals surface area contributed by atoms with Crippen molar-refractivity contribution >= 4 is 11.9 Å². The molecular formula is C25H25F6N3O3. The average molecular weight is 529 g/mol. The molecule has 1 atom stereocenters. The van der Waals surface area contributed by atoms with Crippen LogP contribution in [0.1, 0.15) is 35.1 Å². The topological polar surface area (TPSA) is 61.9 Å². The van der Waals surface area contributed by atoms with Crippen molar-refractivity contribution in [1.82, 2.24) is 15.1 Å². The normalized spacial score (nSPS) is 21.1. The lowest BCUT2D eigenvalue weighted by atomic mass is 9.90. The first-order valence-corrected chi connectivity index (χ1v) is 11.7. The van der Waals surface area contributed by atoms with Gasteiger partial charge in [0.25, 0.3) is 5.91 Å². The minimum Gasteiger partial charge on any atom is -0.373 e. The van der Waals surface area contributed by atoms with Crippen molar-refractivity contribution in [2.24, 2.45) is 0 Å². The summed E-state index contributed by atoms with van der Waals surface area (Å²) in [5.41, 5.74) is -4.57. The van der Waals surface area contributed by atoms with Gasteiger partial charge in [0.2, 0.25) is 0 Å². The Balaban J connectivity index is 1.55. The molecule has 37 heavy (non-hydrogen) atoms. The standard InChI is InChI=1S/C25H25F6N3O3/c26-24(27,28)19-12-17(13-20(14-19)25(29,30)31)15-37-16-23(18-6-2-1-3-7-18)21(35)34(22(36)32-23)11-10-33-8-4-5-9-33/h1-3,6-7,12-14H,4-5,8-11,15-16H2,(H,32,36). The van der Waals surface area contributed by atoms with Crippen molar-refractivity contribution in [3.8, 4) is 0 Å². The zero-order chi connectivity index (χ0) is 26.8. The Kier molecular flexibility index (Phi) is 7.52. The van der Waals surface area contributed by atoms with Gasteiger partial charge < -0.3 is 15.0 Å². The third-order valence-corrected chi connectivity index (χ3v) is 6.52. The lowest BCUT2D eigenvalue weighted by Crippen LogP contribution is -2.48. The number of likely N-dealkylation sites (tertiary alicyclic amines) is 1. The van der Waals surface area contributed by atoms with Crippen molar-refractivity contribution in [3.05, 3.63) is 70.8 Å². The maximum atomic E-state index is 13.5. The van der Waals surface area contributed by atoms with E-state index in [9.17, 15) is 35.9 Å². The van der Waals surface area contributed by atoms with Crippen LogP contribution in [0.5, 0.6) is 0 Å². The largest absolute Gasteiger partial charge is 0.416 e. The van der Waals surface area contributed by atoms with Gasteiger partial charge in [-0.05, 0) is 55.3 Å². The second-order valence-corrected chi connectivity index (χ2v) is 9.11. The summed E-state index contributed by atoms with van der Waals surface area (Å²) in [6.07, 6.45) is -7.92. The van der Waals surface area contributed by atoms with Gasteiger partial charge >= 0.3 is 18.4 Å². The van der Waals surface area contributed by atoms with Gasteiger partial charge in [0, 0.05) is 13.1 Å². The van der Waals surface area contributed by atoms with E-state index in [1.165, 1.54) is 0 Å². The highest BCUT2D eigenvalue weighted by Gasteiger charge is 2.52.